The summed E-state index contributed by atoms with van der Waals surface area (Å²) in [6, 6.07) is 21.9. The summed E-state index contributed by atoms with van der Waals surface area (Å²) < 4.78 is 6.46. The number of para-hydroxylation sites is 1. The quantitative estimate of drug-likeness (QED) is 0.203. The van der Waals surface area contributed by atoms with Gasteiger partial charge in [0.2, 0.25) is 0 Å². The second-order valence-electron chi connectivity index (χ2n) is 11.1. The van der Waals surface area contributed by atoms with Crippen molar-refractivity contribution in [2.45, 2.75) is 71.0 Å². The topological polar surface area (TPSA) is 6.48 Å². The van der Waals surface area contributed by atoms with Gasteiger partial charge in [0.05, 0.1) is 0 Å². The Kier molecular flexibility index (Phi) is 4.83. The Morgan fingerprint density at radius 2 is 1.78 bits per heavy atom. The molecule has 1 aromatic heterocycles. The van der Waals surface area contributed by atoms with Crippen LogP contribution in [0.2, 0.25) is 0 Å². The number of rotatable bonds is 2. The van der Waals surface area contributed by atoms with Gasteiger partial charge >= 0.3 is 226 Å². The van der Waals surface area contributed by atoms with Crippen LogP contribution < -0.4 is 34.0 Å². The van der Waals surface area contributed by atoms with Crippen LogP contribution in [0.3, 0.4) is 0 Å². The van der Waals surface area contributed by atoms with E-state index >= 15 is 0 Å². The van der Waals surface area contributed by atoms with Crippen LogP contribution in [0.1, 0.15) is 58.4 Å². The minimum atomic E-state index is -0.530. The van der Waals surface area contributed by atoms with Crippen molar-refractivity contribution < 1.29 is 0 Å². The number of anilines is 3. The molecule has 182 valence electrons. The van der Waals surface area contributed by atoms with Crippen LogP contribution in [0.15, 0.2) is 54.6 Å². The zero-order chi connectivity index (χ0) is 24.2. The average Bonchev–Trinajstić information content (AvgIpc) is 3.40. The standard InChI is InChI=1S/C31H31N2PSSe/c1-4-19-18-25-28-27-26(19)32(20-12-6-5-7-13-20)31(2,3)33(27)22-15-9-10-16-23(22)34(28)30-29(36-25)21-14-8-11-17-24(21)35-30/h8-11,14-18,20H,4-7,12-13H2,1-3H3. The molecule has 0 bridgehead atoms. The fraction of sp³-hybridized carbons (Fsp3) is 0.355. The van der Waals surface area contributed by atoms with E-state index in [-0.39, 0.29) is 5.66 Å². The van der Waals surface area contributed by atoms with Crippen molar-refractivity contribution in [3.05, 3.63) is 60.2 Å². The normalized spacial score (nSPS) is 21.5. The van der Waals surface area contributed by atoms with Gasteiger partial charge in [0.15, 0.2) is 0 Å². The Balaban J connectivity index is 1.47. The molecule has 1 aliphatic carbocycles. The van der Waals surface area contributed by atoms with Gasteiger partial charge in [0.25, 0.3) is 0 Å². The zero-order valence-corrected chi connectivity index (χ0v) is 24.6. The fourth-order valence-corrected chi connectivity index (χ4v) is 16.0. The van der Waals surface area contributed by atoms with Crippen molar-refractivity contribution in [3.63, 3.8) is 0 Å². The van der Waals surface area contributed by atoms with Crippen molar-refractivity contribution in [2.75, 3.05) is 9.80 Å². The molecule has 8 rings (SSSR count). The first-order chi connectivity index (χ1) is 17.6. The molecule has 36 heavy (non-hydrogen) atoms. The van der Waals surface area contributed by atoms with Crippen molar-refractivity contribution >= 4 is 85.5 Å². The molecule has 1 unspecified atom stereocenters. The number of hydrogen-bond acceptors (Lipinski definition) is 3. The average molecular weight is 574 g/mol. The predicted molar refractivity (Wildman–Crippen MR) is 161 cm³/mol. The molecule has 5 heteroatoms. The van der Waals surface area contributed by atoms with E-state index < -0.39 is 7.92 Å². The van der Waals surface area contributed by atoms with Crippen LogP contribution in [0.5, 0.6) is 0 Å². The molecule has 1 saturated carbocycles. The summed E-state index contributed by atoms with van der Waals surface area (Å²) in [5.74, 6) is 0. The fourth-order valence-electron chi connectivity index (χ4n) is 7.30. The molecule has 3 aliphatic heterocycles. The summed E-state index contributed by atoms with van der Waals surface area (Å²) in [6.45, 7) is 7.37. The minimum absolute atomic E-state index is 0.0612. The van der Waals surface area contributed by atoms with Gasteiger partial charge in [-0.15, -0.1) is 0 Å². The third-order valence-corrected chi connectivity index (χ3v) is 16.4. The molecular weight excluding hydrogens is 542 g/mol. The van der Waals surface area contributed by atoms with Crippen LogP contribution in [-0.2, 0) is 6.42 Å². The molecule has 3 aromatic carbocycles. The van der Waals surface area contributed by atoms with Crippen LogP contribution in [0.4, 0.5) is 17.1 Å². The number of hydrogen-bond donors (Lipinski definition) is 0. The molecule has 0 radical (unpaired) electrons. The number of benzene rings is 3. The second-order valence-corrected chi connectivity index (χ2v) is 16.7. The van der Waals surface area contributed by atoms with Gasteiger partial charge < -0.3 is 0 Å². The number of fused-ring (bicyclic) bond motifs is 7. The molecular formula is C31H31N2PSSe. The van der Waals surface area contributed by atoms with E-state index in [4.69, 9.17) is 0 Å². The summed E-state index contributed by atoms with van der Waals surface area (Å²) in [7, 11) is -0.530. The van der Waals surface area contributed by atoms with Gasteiger partial charge in [-0.1, -0.05) is 0 Å². The van der Waals surface area contributed by atoms with E-state index in [9.17, 15) is 0 Å². The molecule has 2 nitrogen and oxygen atoms in total. The van der Waals surface area contributed by atoms with Gasteiger partial charge in [-0.05, 0) is 0 Å². The molecule has 4 heterocycles. The Morgan fingerprint density at radius 1 is 1.00 bits per heavy atom. The van der Waals surface area contributed by atoms with E-state index in [0.29, 0.717) is 21.0 Å². The van der Waals surface area contributed by atoms with Crippen molar-refractivity contribution in [3.8, 4) is 0 Å². The Morgan fingerprint density at radius 3 is 2.61 bits per heavy atom. The van der Waals surface area contributed by atoms with Gasteiger partial charge in [0, 0.05) is 0 Å². The summed E-state index contributed by atoms with van der Waals surface area (Å²) in [4.78, 5) is 5.67. The van der Waals surface area contributed by atoms with Crippen LogP contribution in [0.25, 0.3) is 10.1 Å². The second kappa shape index (κ2) is 7.84. The van der Waals surface area contributed by atoms with Gasteiger partial charge in [-0.3, -0.25) is 0 Å². The summed E-state index contributed by atoms with van der Waals surface area (Å²) >= 11 is 2.43. The van der Waals surface area contributed by atoms with Gasteiger partial charge in [-0.2, -0.15) is 0 Å². The van der Waals surface area contributed by atoms with E-state index in [2.05, 4.69) is 96.5 Å². The van der Waals surface area contributed by atoms with Crippen molar-refractivity contribution in [1.82, 2.24) is 0 Å². The first kappa shape index (κ1) is 22.2. The third-order valence-electron chi connectivity index (χ3n) is 8.75. The molecule has 1 fully saturated rings. The van der Waals surface area contributed by atoms with Crippen LogP contribution in [-0.4, -0.2) is 26.7 Å². The number of thiophene rings is 1. The first-order valence-corrected chi connectivity index (χ1v) is 17.3. The summed E-state index contributed by atoms with van der Waals surface area (Å²) in [6.07, 6.45) is 7.91. The third kappa shape index (κ3) is 2.77. The summed E-state index contributed by atoms with van der Waals surface area (Å²) in [5, 5.41) is 4.77. The van der Waals surface area contributed by atoms with Crippen LogP contribution >= 0.6 is 19.3 Å². The zero-order valence-electron chi connectivity index (χ0n) is 21.2. The molecule has 0 amide bonds. The molecule has 0 N–H and O–H groups in total. The molecule has 4 aromatic rings. The van der Waals surface area contributed by atoms with E-state index in [1.165, 1.54) is 47.9 Å². The predicted octanol–water partition coefficient (Wildman–Crippen LogP) is 5.53. The summed E-state index contributed by atoms with van der Waals surface area (Å²) in [5.41, 5.74) is 6.13. The molecule has 0 spiro atoms. The maximum atomic E-state index is 2.89. The van der Waals surface area contributed by atoms with Crippen molar-refractivity contribution in [1.29, 1.82) is 0 Å². The Labute approximate surface area is 225 Å². The SMILES string of the molecule is CCc1cc2c3c4c1N(C1CCCCC1)C(C)(C)N4c1ccccc1P3c1sc3ccccc3c1[Se]2. The maximum absolute atomic E-state index is 2.89. The number of aryl methyl sites for hydroxylation is 1. The Hall–Kier alpha value is -1.83. The Bertz CT molecular complexity index is 1550. The van der Waals surface area contributed by atoms with Crippen molar-refractivity contribution in [2.24, 2.45) is 0 Å². The van der Waals surface area contributed by atoms with E-state index in [0.717, 1.165) is 6.42 Å². The van der Waals surface area contributed by atoms with E-state index in [1.54, 1.807) is 41.1 Å². The number of nitrogens with zero attached hydrogens (tertiary/aromatic N) is 2. The van der Waals surface area contributed by atoms with Gasteiger partial charge in [-0.25, -0.2) is 0 Å². The van der Waals surface area contributed by atoms with Crippen LogP contribution in [0, 0.1) is 0 Å². The van der Waals surface area contributed by atoms with Gasteiger partial charge in [0.1, 0.15) is 0 Å². The van der Waals surface area contributed by atoms with E-state index in [1.807, 2.05) is 0 Å². The molecule has 4 aliphatic rings. The monoisotopic (exact) mass is 574 g/mol. The first-order valence-electron chi connectivity index (χ1n) is 13.5. The molecule has 0 saturated heterocycles. The molecule has 1 atom stereocenters.